The Hall–Kier alpha value is -3.04. The van der Waals surface area contributed by atoms with Crippen LogP contribution >= 0.6 is 11.3 Å². The van der Waals surface area contributed by atoms with E-state index in [-0.39, 0.29) is 18.3 Å². The Labute approximate surface area is 186 Å². The fourth-order valence-corrected chi connectivity index (χ4v) is 5.03. The summed E-state index contributed by atoms with van der Waals surface area (Å²) >= 11 is 1.51. The fraction of sp³-hybridized carbons (Fsp3) is 0.360. The molecule has 1 N–H and O–H groups in total. The van der Waals surface area contributed by atoms with Gasteiger partial charge in [-0.15, -0.1) is 11.3 Å². The topological polar surface area (TPSA) is 75.3 Å². The third-order valence-electron chi connectivity index (χ3n) is 5.84. The van der Waals surface area contributed by atoms with Gasteiger partial charge >= 0.3 is 0 Å². The van der Waals surface area contributed by atoms with E-state index in [9.17, 15) is 10.1 Å². The Balaban J connectivity index is 1.38. The summed E-state index contributed by atoms with van der Waals surface area (Å²) in [5.74, 6) is 1.72. The second kappa shape index (κ2) is 9.40. The van der Waals surface area contributed by atoms with E-state index in [0.717, 1.165) is 43.4 Å². The highest BCUT2D eigenvalue weighted by atomic mass is 32.1. The van der Waals surface area contributed by atoms with Crippen LogP contribution in [0.25, 0.3) is 0 Å². The fourth-order valence-electron chi connectivity index (χ4n) is 3.80. The number of amides is 1. The largest absolute Gasteiger partial charge is 0.486 e. The van der Waals surface area contributed by atoms with Crippen molar-refractivity contribution >= 4 is 22.2 Å². The summed E-state index contributed by atoms with van der Waals surface area (Å²) < 4.78 is 11.5. The van der Waals surface area contributed by atoms with Crippen LogP contribution in [0.2, 0.25) is 0 Å². The lowest BCUT2D eigenvalue weighted by Crippen LogP contribution is -2.11. The van der Waals surface area contributed by atoms with Crippen molar-refractivity contribution in [2.45, 2.75) is 58.5 Å². The molecule has 3 aromatic rings. The molecule has 6 heteroatoms. The summed E-state index contributed by atoms with van der Waals surface area (Å²) in [7, 11) is 0. The summed E-state index contributed by atoms with van der Waals surface area (Å²) in [6, 6.07) is 13.7. The summed E-state index contributed by atoms with van der Waals surface area (Å²) in [6.45, 7) is 4.62. The maximum atomic E-state index is 12.7. The van der Waals surface area contributed by atoms with Gasteiger partial charge in [0.05, 0.1) is 5.56 Å². The lowest BCUT2D eigenvalue weighted by atomic mass is 9.96. The van der Waals surface area contributed by atoms with Crippen LogP contribution in [-0.2, 0) is 19.4 Å². The van der Waals surface area contributed by atoms with Gasteiger partial charge in [0.1, 0.15) is 29.2 Å². The zero-order chi connectivity index (χ0) is 21.8. The van der Waals surface area contributed by atoms with Crippen LogP contribution in [0.1, 0.15) is 76.9 Å². The predicted molar refractivity (Wildman–Crippen MR) is 122 cm³/mol. The van der Waals surface area contributed by atoms with Crippen molar-refractivity contribution in [1.29, 1.82) is 5.26 Å². The Morgan fingerprint density at radius 1 is 1.23 bits per heavy atom. The maximum Gasteiger partial charge on any atom is 0.292 e. The minimum Gasteiger partial charge on any atom is -0.486 e. The van der Waals surface area contributed by atoms with E-state index in [1.165, 1.54) is 21.8 Å². The molecule has 0 saturated carbocycles. The highest BCUT2D eigenvalue weighted by Gasteiger charge is 2.23. The van der Waals surface area contributed by atoms with Gasteiger partial charge in [-0.1, -0.05) is 26.0 Å². The van der Waals surface area contributed by atoms with E-state index in [0.29, 0.717) is 22.2 Å². The smallest absolute Gasteiger partial charge is 0.292 e. The number of carbonyl (C=O) groups excluding carboxylic acids is 1. The second-order valence-electron chi connectivity index (χ2n) is 7.91. The molecular weight excluding hydrogens is 408 g/mol. The van der Waals surface area contributed by atoms with Crippen LogP contribution in [0.15, 0.2) is 40.8 Å². The number of anilines is 1. The minimum atomic E-state index is -0.348. The van der Waals surface area contributed by atoms with Crippen molar-refractivity contribution < 1.29 is 13.9 Å². The first-order valence-corrected chi connectivity index (χ1v) is 11.6. The van der Waals surface area contributed by atoms with Gasteiger partial charge in [0.2, 0.25) is 0 Å². The first-order chi connectivity index (χ1) is 15.1. The summed E-state index contributed by atoms with van der Waals surface area (Å²) in [4.78, 5) is 13.9. The van der Waals surface area contributed by atoms with E-state index in [1.807, 2.05) is 12.1 Å². The van der Waals surface area contributed by atoms with Gasteiger partial charge in [0, 0.05) is 4.88 Å². The van der Waals surface area contributed by atoms with Crippen molar-refractivity contribution in [2.24, 2.45) is 0 Å². The number of ether oxygens (including phenoxy) is 1. The van der Waals surface area contributed by atoms with Crippen LogP contribution in [0.4, 0.5) is 5.00 Å². The molecule has 1 aliphatic carbocycles. The average molecular weight is 435 g/mol. The van der Waals surface area contributed by atoms with E-state index < -0.39 is 0 Å². The zero-order valence-corrected chi connectivity index (χ0v) is 18.7. The molecule has 1 atom stereocenters. The Morgan fingerprint density at radius 2 is 2.00 bits per heavy atom. The van der Waals surface area contributed by atoms with Crippen molar-refractivity contribution in [3.63, 3.8) is 0 Å². The molecule has 160 valence electrons. The van der Waals surface area contributed by atoms with E-state index in [1.54, 1.807) is 12.1 Å². The van der Waals surface area contributed by atoms with Gasteiger partial charge in [-0.25, -0.2) is 0 Å². The number of nitrogens with one attached hydrogen (secondary N) is 1. The van der Waals surface area contributed by atoms with E-state index in [4.69, 9.17) is 9.15 Å². The van der Waals surface area contributed by atoms with Crippen molar-refractivity contribution in [3.05, 3.63) is 69.5 Å². The van der Waals surface area contributed by atoms with Crippen LogP contribution in [0, 0.1) is 11.3 Å². The molecule has 5 nitrogen and oxygen atoms in total. The zero-order valence-electron chi connectivity index (χ0n) is 17.9. The third-order valence-corrected chi connectivity index (χ3v) is 7.05. The van der Waals surface area contributed by atoms with Gasteiger partial charge in [-0.2, -0.15) is 5.26 Å². The number of furan rings is 1. The van der Waals surface area contributed by atoms with Gasteiger partial charge < -0.3 is 14.5 Å². The molecular formula is C25H26N2O3S. The number of hydrogen-bond donors (Lipinski definition) is 1. The van der Waals surface area contributed by atoms with Crippen LogP contribution in [-0.4, -0.2) is 5.91 Å². The first-order valence-electron chi connectivity index (χ1n) is 10.8. The number of carbonyl (C=O) groups is 1. The maximum absolute atomic E-state index is 12.7. The summed E-state index contributed by atoms with van der Waals surface area (Å²) in [5.41, 5.74) is 2.99. The number of aryl methyl sites for hydroxylation is 1. The predicted octanol–water partition coefficient (Wildman–Crippen LogP) is 6.44. The van der Waals surface area contributed by atoms with Crippen LogP contribution < -0.4 is 10.1 Å². The third kappa shape index (κ3) is 4.67. The number of hydrogen-bond acceptors (Lipinski definition) is 5. The lowest BCUT2D eigenvalue weighted by Gasteiger charge is -2.10. The molecule has 1 aliphatic rings. The molecule has 4 rings (SSSR count). The number of nitrogens with zero attached hydrogens (tertiary/aromatic N) is 1. The molecule has 1 aromatic carbocycles. The van der Waals surface area contributed by atoms with E-state index in [2.05, 4.69) is 37.4 Å². The van der Waals surface area contributed by atoms with Crippen molar-refractivity contribution in [3.8, 4) is 11.8 Å². The number of rotatable bonds is 7. The molecule has 0 spiro atoms. The van der Waals surface area contributed by atoms with E-state index >= 15 is 0 Å². The first kappa shape index (κ1) is 21.2. The molecule has 0 fully saturated rings. The molecule has 0 radical (unpaired) electrons. The summed E-state index contributed by atoms with van der Waals surface area (Å²) in [6.07, 6.45) is 5.21. The lowest BCUT2D eigenvalue weighted by molar-refractivity contribution is 0.0993. The normalized spacial score (nSPS) is 13.8. The highest BCUT2D eigenvalue weighted by molar-refractivity contribution is 7.16. The van der Waals surface area contributed by atoms with Gasteiger partial charge in [0.25, 0.3) is 5.91 Å². The number of thiophene rings is 1. The quantitative estimate of drug-likeness (QED) is 0.464. The van der Waals surface area contributed by atoms with Crippen LogP contribution in [0.5, 0.6) is 5.75 Å². The van der Waals surface area contributed by atoms with Crippen molar-refractivity contribution in [2.75, 3.05) is 5.32 Å². The molecule has 1 unspecified atom stereocenters. The molecule has 0 saturated heterocycles. The number of nitriles is 1. The molecule has 0 aliphatic heterocycles. The van der Waals surface area contributed by atoms with Gasteiger partial charge in [-0.05, 0) is 73.4 Å². The molecule has 31 heavy (non-hydrogen) atoms. The molecule has 0 bridgehead atoms. The monoisotopic (exact) mass is 434 g/mol. The molecule has 2 aromatic heterocycles. The minimum absolute atomic E-state index is 0.209. The van der Waals surface area contributed by atoms with Crippen molar-refractivity contribution in [1.82, 2.24) is 0 Å². The van der Waals surface area contributed by atoms with Gasteiger partial charge in [-0.3, -0.25) is 4.79 Å². The average Bonchev–Trinajstić information content (AvgIpc) is 3.41. The summed E-state index contributed by atoms with van der Waals surface area (Å²) in [5, 5.41) is 13.0. The van der Waals surface area contributed by atoms with Crippen LogP contribution in [0.3, 0.4) is 0 Å². The molecule has 1 amide bonds. The Morgan fingerprint density at radius 3 is 2.74 bits per heavy atom. The Bertz CT molecular complexity index is 1100. The molecule has 2 heterocycles. The number of benzene rings is 1. The second-order valence-corrected chi connectivity index (χ2v) is 9.02. The van der Waals surface area contributed by atoms with Gasteiger partial charge in [0.15, 0.2) is 5.76 Å². The Kier molecular flexibility index (Phi) is 6.43. The number of fused-ring (bicyclic) bond motifs is 1. The highest BCUT2D eigenvalue weighted by Crippen LogP contribution is 2.37. The SMILES string of the molecule is CCC(C)c1ccc(OCc2ccc(C(=O)Nc3sc4c(c3C#N)CCCC4)o2)cc1. The standard InChI is InChI=1S/C25H26N2O3S/c1-3-16(2)17-8-10-18(11-9-17)29-15-19-12-13-22(30-19)24(28)27-25-21(14-26)20-6-4-5-7-23(20)31-25/h8-13,16H,3-7,15H2,1-2H3,(H,27,28).